The molecule has 1 N–H and O–H groups in total. The number of fused-ring (bicyclic) bond motifs is 2. The van der Waals surface area contributed by atoms with Crippen molar-refractivity contribution in [3.05, 3.63) is 0 Å². The lowest BCUT2D eigenvalue weighted by Gasteiger charge is -2.32. The molecule has 0 radical (unpaired) electrons. The average molecular weight is 254 g/mol. The molecule has 106 valence electrons. The van der Waals surface area contributed by atoms with Crippen molar-refractivity contribution < 1.29 is 4.74 Å². The summed E-state index contributed by atoms with van der Waals surface area (Å²) in [5, 5.41) is 3.65. The van der Waals surface area contributed by atoms with Gasteiger partial charge in [0, 0.05) is 32.2 Å². The highest BCUT2D eigenvalue weighted by molar-refractivity contribution is 4.85. The van der Waals surface area contributed by atoms with Crippen LogP contribution >= 0.6 is 0 Å². The third-order valence-electron chi connectivity index (χ3n) is 4.22. The molecule has 0 saturated carbocycles. The third kappa shape index (κ3) is 4.52. The smallest absolute Gasteiger partial charge is 0.0707 e. The van der Waals surface area contributed by atoms with E-state index in [1.807, 2.05) is 0 Å². The zero-order valence-electron chi connectivity index (χ0n) is 12.3. The number of nitrogens with zero attached hydrogens (tertiary/aromatic N) is 1. The number of hydrogen-bond donors (Lipinski definition) is 1. The largest absolute Gasteiger partial charge is 0.372 e. The molecule has 0 spiro atoms. The Kier molecular flexibility index (Phi) is 5.46. The molecule has 2 rings (SSSR count). The summed E-state index contributed by atoms with van der Waals surface area (Å²) in [6.45, 7) is 11.5. The Morgan fingerprint density at radius 1 is 1.11 bits per heavy atom. The van der Waals surface area contributed by atoms with Crippen molar-refractivity contribution in [2.45, 2.75) is 64.7 Å². The molecule has 2 saturated heterocycles. The predicted molar refractivity (Wildman–Crippen MR) is 75.9 cm³/mol. The molecule has 2 aliphatic heterocycles. The van der Waals surface area contributed by atoms with Crippen LogP contribution in [0, 0.1) is 5.92 Å². The zero-order chi connectivity index (χ0) is 13.0. The van der Waals surface area contributed by atoms with Gasteiger partial charge < -0.3 is 10.1 Å². The van der Waals surface area contributed by atoms with Gasteiger partial charge in [0.25, 0.3) is 0 Å². The van der Waals surface area contributed by atoms with Crippen LogP contribution in [0.15, 0.2) is 0 Å². The Morgan fingerprint density at radius 2 is 1.78 bits per heavy atom. The lowest BCUT2D eigenvalue weighted by atomic mass is 10.0. The number of hydrogen-bond acceptors (Lipinski definition) is 3. The van der Waals surface area contributed by atoms with Crippen molar-refractivity contribution in [1.82, 2.24) is 10.2 Å². The van der Waals surface area contributed by atoms with Crippen LogP contribution in [0.2, 0.25) is 0 Å². The number of nitrogens with one attached hydrogen (secondary N) is 1. The van der Waals surface area contributed by atoms with Gasteiger partial charge in [-0.25, -0.2) is 0 Å². The quantitative estimate of drug-likeness (QED) is 0.754. The second-order valence-corrected chi connectivity index (χ2v) is 6.54. The van der Waals surface area contributed by atoms with Crippen LogP contribution in [0.4, 0.5) is 0 Å². The van der Waals surface area contributed by atoms with E-state index in [1.165, 1.54) is 32.2 Å². The van der Waals surface area contributed by atoms with Crippen molar-refractivity contribution in [3.63, 3.8) is 0 Å². The monoisotopic (exact) mass is 254 g/mol. The summed E-state index contributed by atoms with van der Waals surface area (Å²) in [5.41, 5.74) is 0. The number of likely N-dealkylation sites (tertiary alicyclic amines) is 1. The molecule has 2 fully saturated rings. The Bertz CT molecular complexity index is 233. The summed E-state index contributed by atoms with van der Waals surface area (Å²) in [6, 6.07) is 0.658. The molecular weight excluding hydrogens is 224 g/mol. The van der Waals surface area contributed by atoms with Gasteiger partial charge in [-0.15, -0.1) is 0 Å². The van der Waals surface area contributed by atoms with Gasteiger partial charge in [-0.2, -0.15) is 0 Å². The van der Waals surface area contributed by atoms with Crippen LogP contribution in [0.3, 0.4) is 0 Å². The van der Waals surface area contributed by atoms with Crippen molar-refractivity contribution >= 4 is 0 Å². The average Bonchev–Trinajstić information content (AvgIpc) is 2.66. The van der Waals surface area contributed by atoms with Crippen molar-refractivity contribution in [2.24, 2.45) is 5.92 Å². The number of morpholine rings is 1. The molecule has 0 aromatic rings. The Balaban J connectivity index is 1.55. The molecule has 3 atom stereocenters. The first kappa shape index (κ1) is 14.3. The van der Waals surface area contributed by atoms with Gasteiger partial charge >= 0.3 is 0 Å². The predicted octanol–water partition coefficient (Wildman–Crippen LogP) is 2.26. The van der Waals surface area contributed by atoms with Crippen LogP contribution in [0.25, 0.3) is 0 Å². The Morgan fingerprint density at radius 3 is 2.39 bits per heavy atom. The van der Waals surface area contributed by atoms with Crippen molar-refractivity contribution in [2.75, 3.05) is 26.2 Å². The Hall–Kier alpha value is -0.120. The van der Waals surface area contributed by atoms with E-state index in [1.54, 1.807) is 0 Å². The summed E-state index contributed by atoms with van der Waals surface area (Å²) >= 11 is 0. The van der Waals surface area contributed by atoms with E-state index in [-0.39, 0.29) is 0 Å². The van der Waals surface area contributed by atoms with Crippen molar-refractivity contribution in [1.29, 1.82) is 0 Å². The van der Waals surface area contributed by atoms with E-state index in [2.05, 4.69) is 31.0 Å². The molecule has 18 heavy (non-hydrogen) atoms. The second-order valence-electron chi connectivity index (χ2n) is 6.54. The first-order valence-corrected chi connectivity index (χ1v) is 7.74. The maximum Gasteiger partial charge on any atom is 0.0707 e. The maximum absolute atomic E-state index is 5.86. The fourth-order valence-corrected chi connectivity index (χ4v) is 3.04. The minimum atomic E-state index is 0.530. The number of ether oxygens (including phenoxy) is 1. The van der Waals surface area contributed by atoms with Crippen LogP contribution in [-0.2, 0) is 4.74 Å². The molecule has 3 heteroatoms. The van der Waals surface area contributed by atoms with Gasteiger partial charge in [0.2, 0.25) is 0 Å². The minimum absolute atomic E-state index is 0.530. The summed E-state index contributed by atoms with van der Waals surface area (Å²) < 4.78 is 5.86. The summed E-state index contributed by atoms with van der Waals surface area (Å²) in [6.07, 6.45) is 6.24. The Labute approximate surface area is 112 Å². The van der Waals surface area contributed by atoms with E-state index in [4.69, 9.17) is 4.74 Å². The lowest BCUT2D eigenvalue weighted by molar-refractivity contribution is -0.0377. The topological polar surface area (TPSA) is 24.5 Å². The van der Waals surface area contributed by atoms with E-state index in [0.717, 1.165) is 25.6 Å². The highest BCUT2D eigenvalue weighted by atomic mass is 16.5. The first-order valence-electron chi connectivity index (χ1n) is 7.74. The van der Waals surface area contributed by atoms with Crippen LogP contribution in [0.5, 0.6) is 0 Å². The standard InChI is InChI=1S/C15H30N2O/c1-12(2)4-5-13(3)16-8-9-17-10-14-6-7-15(11-17)18-14/h12-16H,4-11H2,1-3H3. The van der Waals surface area contributed by atoms with Gasteiger partial charge in [0.05, 0.1) is 12.2 Å². The fourth-order valence-electron chi connectivity index (χ4n) is 3.04. The SMILES string of the molecule is CC(C)CCC(C)NCCN1CC2CCC(C1)O2. The minimum Gasteiger partial charge on any atom is -0.372 e. The molecule has 0 aromatic carbocycles. The highest BCUT2D eigenvalue weighted by Crippen LogP contribution is 2.25. The fraction of sp³-hybridized carbons (Fsp3) is 1.00. The third-order valence-corrected chi connectivity index (χ3v) is 4.22. The van der Waals surface area contributed by atoms with Crippen LogP contribution < -0.4 is 5.32 Å². The first-order chi connectivity index (χ1) is 8.63. The maximum atomic E-state index is 5.86. The van der Waals surface area contributed by atoms with Crippen molar-refractivity contribution in [3.8, 4) is 0 Å². The van der Waals surface area contributed by atoms with Gasteiger partial charge in [-0.3, -0.25) is 4.90 Å². The normalized spacial score (nSPS) is 30.0. The second kappa shape index (κ2) is 6.88. The molecule has 3 nitrogen and oxygen atoms in total. The molecule has 0 aromatic heterocycles. The van der Waals surface area contributed by atoms with Crippen LogP contribution in [-0.4, -0.2) is 49.3 Å². The van der Waals surface area contributed by atoms with E-state index < -0.39 is 0 Å². The van der Waals surface area contributed by atoms with Gasteiger partial charge in [-0.1, -0.05) is 13.8 Å². The van der Waals surface area contributed by atoms with Gasteiger partial charge in [0.1, 0.15) is 0 Å². The highest BCUT2D eigenvalue weighted by Gasteiger charge is 2.33. The molecule has 0 amide bonds. The summed E-state index contributed by atoms with van der Waals surface area (Å²) in [7, 11) is 0. The number of rotatable bonds is 7. The van der Waals surface area contributed by atoms with E-state index in [0.29, 0.717) is 18.2 Å². The van der Waals surface area contributed by atoms with E-state index >= 15 is 0 Å². The van der Waals surface area contributed by atoms with E-state index in [9.17, 15) is 0 Å². The molecule has 0 aliphatic carbocycles. The molecule has 2 bridgehead atoms. The van der Waals surface area contributed by atoms with Gasteiger partial charge in [-0.05, 0) is 38.5 Å². The molecular formula is C15H30N2O. The summed E-state index contributed by atoms with van der Waals surface area (Å²) in [5.74, 6) is 0.823. The zero-order valence-corrected chi connectivity index (χ0v) is 12.3. The summed E-state index contributed by atoms with van der Waals surface area (Å²) in [4.78, 5) is 2.58. The molecule has 2 aliphatic rings. The van der Waals surface area contributed by atoms with Crippen LogP contribution in [0.1, 0.15) is 46.5 Å². The lowest BCUT2D eigenvalue weighted by Crippen LogP contribution is -2.45. The van der Waals surface area contributed by atoms with Gasteiger partial charge in [0.15, 0.2) is 0 Å². The molecule has 2 heterocycles. The molecule has 3 unspecified atom stereocenters.